The zero-order valence-corrected chi connectivity index (χ0v) is 28.7. The highest BCUT2D eigenvalue weighted by Crippen LogP contribution is 2.23. The Hall–Kier alpha value is -4.68. The number of likely N-dealkylation sites (N-methyl/N-ethyl adjacent to an activating group) is 1. The van der Waals surface area contributed by atoms with Crippen molar-refractivity contribution in [3.05, 3.63) is 78.4 Å². The van der Waals surface area contributed by atoms with E-state index in [1.54, 1.807) is 77.9 Å². The largest absolute Gasteiger partial charge is 0.528 e. The van der Waals surface area contributed by atoms with Crippen molar-refractivity contribution in [3.8, 4) is 5.75 Å². The van der Waals surface area contributed by atoms with Crippen molar-refractivity contribution in [2.24, 2.45) is 0 Å². The van der Waals surface area contributed by atoms with Gasteiger partial charge in [0, 0.05) is 13.6 Å². The molecule has 0 saturated carbocycles. The highest BCUT2D eigenvalue weighted by Gasteiger charge is 2.37. The van der Waals surface area contributed by atoms with Gasteiger partial charge in [0.2, 0.25) is 5.91 Å². The minimum atomic E-state index is -1.40. The maximum atomic E-state index is 14.0. The molecule has 0 unspecified atom stereocenters. The monoisotopic (exact) mass is 665 g/mol. The molecule has 0 aromatic heterocycles. The van der Waals surface area contributed by atoms with Crippen LogP contribution in [-0.4, -0.2) is 82.7 Å². The van der Waals surface area contributed by atoms with Crippen LogP contribution in [0.3, 0.4) is 0 Å². The quantitative estimate of drug-likeness (QED) is 0.102. The maximum absolute atomic E-state index is 14.0. The molecular weight excluding hydrogens is 618 g/mol. The summed E-state index contributed by atoms with van der Waals surface area (Å²) in [4.78, 5) is 59.3. The Morgan fingerprint density at radius 2 is 1.44 bits per heavy atom. The predicted octanol–water partition coefficient (Wildman–Crippen LogP) is 5.61. The number of hydroxylamine groups is 2. The molecule has 48 heavy (non-hydrogen) atoms. The summed E-state index contributed by atoms with van der Waals surface area (Å²) in [5.74, 6) is -1.15. The van der Waals surface area contributed by atoms with Crippen LogP contribution < -0.4 is 10.1 Å². The summed E-state index contributed by atoms with van der Waals surface area (Å²) in [7, 11) is 1.41. The number of amides is 2. The summed E-state index contributed by atoms with van der Waals surface area (Å²) in [5.41, 5.74) is -0.874. The van der Waals surface area contributed by atoms with E-state index in [4.69, 9.17) is 19.0 Å². The van der Waals surface area contributed by atoms with Crippen LogP contribution in [0.4, 0.5) is 9.59 Å². The Balaban J connectivity index is 1.85. The Labute approximate surface area is 281 Å². The summed E-state index contributed by atoms with van der Waals surface area (Å²) in [6, 6.07) is 19.2. The number of ether oxygens (including phenoxy) is 3. The zero-order chi connectivity index (χ0) is 35.5. The number of hydrogen-bond acceptors (Lipinski definition) is 10. The molecule has 260 valence electrons. The third-order valence-corrected chi connectivity index (χ3v) is 6.92. The van der Waals surface area contributed by atoms with Crippen LogP contribution in [0, 0.1) is 0 Å². The number of carbonyl (C=O) groups excluding carboxylic acids is 4. The number of hydrogen-bond donors (Lipinski definition) is 2. The van der Waals surface area contributed by atoms with Crippen molar-refractivity contribution in [1.82, 2.24) is 15.3 Å². The van der Waals surface area contributed by atoms with Crippen molar-refractivity contribution in [2.45, 2.75) is 84.2 Å². The van der Waals surface area contributed by atoms with Crippen LogP contribution in [0.1, 0.15) is 59.9 Å². The molecule has 0 fully saturated rings. The predicted molar refractivity (Wildman–Crippen MR) is 180 cm³/mol. The molecule has 0 aliphatic heterocycles. The minimum Gasteiger partial charge on any atom is -0.444 e. The number of benzene rings is 3. The van der Waals surface area contributed by atoms with E-state index in [-0.39, 0.29) is 31.7 Å². The number of nitrogens with one attached hydrogen (secondary N) is 1. The number of alkyl carbamates (subject to hydrolysis) is 1. The number of esters is 1. The van der Waals surface area contributed by atoms with E-state index in [0.29, 0.717) is 5.56 Å². The van der Waals surface area contributed by atoms with Gasteiger partial charge in [0.15, 0.2) is 0 Å². The fourth-order valence-corrected chi connectivity index (χ4v) is 4.70. The van der Waals surface area contributed by atoms with E-state index < -0.39 is 54.0 Å². The summed E-state index contributed by atoms with van der Waals surface area (Å²) in [5, 5.41) is 16.0. The molecule has 0 saturated heterocycles. The summed E-state index contributed by atoms with van der Waals surface area (Å²) >= 11 is 0. The lowest BCUT2D eigenvalue weighted by molar-refractivity contribution is -0.190. The molecule has 3 aromatic rings. The lowest BCUT2D eigenvalue weighted by Gasteiger charge is -2.34. The van der Waals surface area contributed by atoms with Gasteiger partial charge in [-0.25, -0.2) is 14.4 Å². The van der Waals surface area contributed by atoms with Crippen LogP contribution in [0.25, 0.3) is 10.8 Å². The van der Waals surface area contributed by atoms with Gasteiger partial charge in [-0.05, 0) is 82.9 Å². The second-order valence-corrected chi connectivity index (χ2v) is 13.3. The fraction of sp³-hybridized carbons (Fsp3) is 0.444. The van der Waals surface area contributed by atoms with Crippen LogP contribution in [0.15, 0.2) is 72.8 Å². The summed E-state index contributed by atoms with van der Waals surface area (Å²) in [6.45, 7) is 9.60. The molecule has 12 heteroatoms. The highest BCUT2D eigenvalue weighted by atomic mass is 16.8. The average Bonchev–Trinajstić information content (AvgIpc) is 2.99. The van der Waals surface area contributed by atoms with E-state index in [1.165, 1.54) is 7.05 Å². The number of fused-ring (bicyclic) bond motifs is 1. The first-order valence-electron chi connectivity index (χ1n) is 15.8. The number of aliphatic hydroxyl groups is 1. The van der Waals surface area contributed by atoms with Gasteiger partial charge in [0.1, 0.15) is 29.0 Å². The number of aliphatic hydroxyl groups excluding tert-OH is 1. The van der Waals surface area contributed by atoms with Gasteiger partial charge in [0.05, 0.1) is 13.2 Å². The van der Waals surface area contributed by atoms with Gasteiger partial charge in [-0.15, -0.1) is 5.06 Å². The van der Waals surface area contributed by atoms with Crippen molar-refractivity contribution in [1.29, 1.82) is 0 Å². The first-order chi connectivity index (χ1) is 22.6. The number of rotatable bonds is 13. The Morgan fingerprint density at radius 3 is 2.06 bits per heavy atom. The molecule has 0 bridgehead atoms. The van der Waals surface area contributed by atoms with Crippen LogP contribution >= 0.6 is 0 Å². The molecule has 2 N–H and O–H groups in total. The maximum Gasteiger partial charge on any atom is 0.528 e. The normalized spacial score (nSPS) is 12.9. The summed E-state index contributed by atoms with van der Waals surface area (Å²) in [6.07, 6.45) is -1.31. The molecule has 3 rings (SSSR count). The molecule has 2 atom stereocenters. The molecule has 0 aliphatic carbocycles. The smallest absolute Gasteiger partial charge is 0.444 e. The van der Waals surface area contributed by atoms with E-state index in [0.717, 1.165) is 20.7 Å². The van der Waals surface area contributed by atoms with Crippen molar-refractivity contribution in [2.75, 3.05) is 20.2 Å². The van der Waals surface area contributed by atoms with Gasteiger partial charge in [-0.1, -0.05) is 60.7 Å². The first kappa shape index (κ1) is 37.8. The summed E-state index contributed by atoms with van der Waals surface area (Å²) < 4.78 is 16.4. The molecule has 3 aromatic carbocycles. The fourth-order valence-electron chi connectivity index (χ4n) is 4.70. The third kappa shape index (κ3) is 12.2. The van der Waals surface area contributed by atoms with E-state index in [1.807, 2.05) is 36.4 Å². The average molecular weight is 666 g/mol. The highest BCUT2D eigenvalue weighted by molar-refractivity contribution is 5.89. The molecule has 2 amide bonds. The van der Waals surface area contributed by atoms with Gasteiger partial charge in [-0.3, -0.25) is 4.79 Å². The van der Waals surface area contributed by atoms with Gasteiger partial charge in [-0.2, -0.15) is 0 Å². The minimum absolute atomic E-state index is 0.0586. The third-order valence-electron chi connectivity index (χ3n) is 6.92. The van der Waals surface area contributed by atoms with Crippen LogP contribution in [0.5, 0.6) is 5.75 Å². The Bertz CT molecular complexity index is 1530. The van der Waals surface area contributed by atoms with Crippen molar-refractivity contribution < 1.29 is 43.3 Å². The number of carbonyl (C=O) groups is 4. The lowest BCUT2D eigenvalue weighted by atomic mass is 10.1. The molecule has 0 spiro atoms. The van der Waals surface area contributed by atoms with Gasteiger partial charge < -0.3 is 34.4 Å². The second-order valence-electron chi connectivity index (χ2n) is 13.3. The van der Waals surface area contributed by atoms with Crippen molar-refractivity contribution in [3.63, 3.8) is 0 Å². The lowest BCUT2D eigenvalue weighted by Crippen LogP contribution is -2.54. The molecular formula is C36H47N3O9. The Kier molecular flexibility index (Phi) is 13.3. The first-order valence-corrected chi connectivity index (χ1v) is 15.8. The standard InChI is InChI=1S/C36H47N3O9/c1-35(2,3)46-33(43)37-21-13-18-29(32(42)45-28-20-19-26-16-11-12-17-27(26)22-28)38(7)31(41)30(24-40)39(23-25-14-9-8-10-15-25)48-34(44)47-36(4,5)6/h8-12,14-17,19-20,22,29-30,40H,13,18,21,23-24H2,1-7H3,(H,37,43)/t29-,30-/m0/s1. The van der Waals surface area contributed by atoms with E-state index in [9.17, 15) is 24.3 Å². The topological polar surface area (TPSA) is 144 Å². The SMILES string of the molecule is CN(C(=O)[C@H](CO)N(Cc1ccccc1)OC(=O)OC(C)(C)C)[C@@H](CCCNC(=O)OC(C)(C)C)C(=O)Oc1ccc2ccccc2c1. The van der Waals surface area contributed by atoms with Crippen LogP contribution in [0.2, 0.25) is 0 Å². The number of nitrogens with zero attached hydrogens (tertiary/aromatic N) is 2. The van der Waals surface area contributed by atoms with E-state index >= 15 is 0 Å². The van der Waals surface area contributed by atoms with Gasteiger partial charge in [0.25, 0.3) is 0 Å². The van der Waals surface area contributed by atoms with E-state index in [2.05, 4.69) is 5.32 Å². The molecule has 12 nitrogen and oxygen atoms in total. The van der Waals surface area contributed by atoms with Crippen LogP contribution in [-0.2, 0) is 30.4 Å². The molecule has 0 aliphatic rings. The van der Waals surface area contributed by atoms with Gasteiger partial charge >= 0.3 is 18.2 Å². The van der Waals surface area contributed by atoms with Crippen molar-refractivity contribution >= 4 is 34.9 Å². The molecule has 0 radical (unpaired) electrons. The zero-order valence-electron chi connectivity index (χ0n) is 28.7. The Morgan fingerprint density at radius 1 is 0.812 bits per heavy atom. The molecule has 0 heterocycles. The second kappa shape index (κ2) is 16.9.